The third kappa shape index (κ3) is 2.24. The standard InChI is InChI=1S/C10H15N3O3S/c1-17-5-7(14)13-4-2-3-10(6-13)8(15)11-9(16)12-10/h2-6H2,1H3,(H2,11,12,15,16). The van der Waals surface area contributed by atoms with Crippen LogP contribution in [0.2, 0.25) is 0 Å². The molecular formula is C10H15N3O3S. The first-order valence-corrected chi connectivity index (χ1v) is 6.87. The molecule has 7 heteroatoms. The zero-order valence-electron chi connectivity index (χ0n) is 9.62. The molecule has 0 aromatic heterocycles. The summed E-state index contributed by atoms with van der Waals surface area (Å²) < 4.78 is 0. The minimum absolute atomic E-state index is 0.0190. The van der Waals surface area contributed by atoms with Crippen LogP contribution in [0.15, 0.2) is 0 Å². The molecule has 2 rings (SSSR count). The minimum Gasteiger partial charge on any atom is -0.339 e. The maximum Gasteiger partial charge on any atom is 0.322 e. The molecule has 0 saturated carbocycles. The molecule has 2 aliphatic rings. The number of carbonyl (C=O) groups is 3. The van der Waals surface area contributed by atoms with E-state index in [1.807, 2.05) is 6.26 Å². The molecule has 0 aromatic rings. The van der Waals surface area contributed by atoms with Crippen molar-refractivity contribution in [3.05, 3.63) is 0 Å². The largest absolute Gasteiger partial charge is 0.339 e. The molecule has 0 aromatic carbocycles. The lowest BCUT2D eigenvalue weighted by atomic mass is 9.89. The smallest absolute Gasteiger partial charge is 0.322 e. The first kappa shape index (κ1) is 12.2. The van der Waals surface area contributed by atoms with Crippen molar-refractivity contribution in [3.8, 4) is 0 Å². The zero-order chi connectivity index (χ0) is 12.5. The number of nitrogens with one attached hydrogen (secondary N) is 2. The summed E-state index contributed by atoms with van der Waals surface area (Å²) in [6.45, 7) is 0.939. The predicted molar refractivity (Wildman–Crippen MR) is 63.6 cm³/mol. The molecule has 4 amide bonds. The summed E-state index contributed by atoms with van der Waals surface area (Å²) in [5, 5.41) is 4.88. The topological polar surface area (TPSA) is 78.5 Å². The molecule has 1 spiro atoms. The number of nitrogens with zero attached hydrogens (tertiary/aromatic N) is 1. The van der Waals surface area contributed by atoms with E-state index in [9.17, 15) is 14.4 Å². The maximum absolute atomic E-state index is 11.8. The monoisotopic (exact) mass is 257 g/mol. The number of hydrogen-bond acceptors (Lipinski definition) is 4. The maximum atomic E-state index is 11.8. The molecule has 2 saturated heterocycles. The predicted octanol–water partition coefficient (Wildman–Crippen LogP) is -0.450. The normalized spacial score (nSPS) is 28.2. The highest BCUT2D eigenvalue weighted by molar-refractivity contribution is 7.99. The van der Waals surface area contributed by atoms with E-state index in [-0.39, 0.29) is 18.4 Å². The molecule has 2 heterocycles. The van der Waals surface area contributed by atoms with Crippen LogP contribution in [0.5, 0.6) is 0 Å². The summed E-state index contributed by atoms with van der Waals surface area (Å²) in [5.74, 6) is 0.112. The number of hydrogen-bond donors (Lipinski definition) is 2. The van der Waals surface area contributed by atoms with Gasteiger partial charge >= 0.3 is 6.03 Å². The molecule has 0 aliphatic carbocycles. The van der Waals surface area contributed by atoms with Crippen molar-refractivity contribution >= 4 is 29.6 Å². The van der Waals surface area contributed by atoms with Gasteiger partial charge in [-0.05, 0) is 19.1 Å². The van der Waals surface area contributed by atoms with Gasteiger partial charge in [0.05, 0.1) is 12.3 Å². The van der Waals surface area contributed by atoms with E-state index < -0.39 is 11.6 Å². The molecule has 17 heavy (non-hydrogen) atoms. The second-order valence-corrected chi connectivity index (χ2v) is 5.21. The van der Waals surface area contributed by atoms with Crippen LogP contribution in [0.25, 0.3) is 0 Å². The van der Waals surface area contributed by atoms with Crippen molar-refractivity contribution in [3.63, 3.8) is 0 Å². The SMILES string of the molecule is CSCC(=O)N1CCCC2(C1)NC(=O)NC2=O. The van der Waals surface area contributed by atoms with Gasteiger partial charge in [-0.15, -0.1) is 0 Å². The Morgan fingerprint density at radius 3 is 2.88 bits per heavy atom. The van der Waals surface area contributed by atoms with Crippen LogP contribution < -0.4 is 10.6 Å². The van der Waals surface area contributed by atoms with E-state index in [2.05, 4.69) is 10.6 Å². The number of amides is 4. The van der Waals surface area contributed by atoms with E-state index in [1.54, 1.807) is 4.90 Å². The Morgan fingerprint density at radius 2 is 2.29 bits per heavy atom. The van der Waals surface area contributed by atoms with Gasteiger partial charge in [0.25, 0.3) is 5.91 Å². The molecule has 0 bridgehead atoms. The van der Waals surface area contributed by atoms with Crippen molar-refractivity contribution in [2.75, 3.05) is 25.1 Å². The van der Waals surface area contributed by atoms with Gasteiger partial charge in [0.15, 0.2) is 0 Å². The summed E-state index contributed by atoms with van der Waals surface area (Å²) in [5.41, 5.74) is -0.899. The fraction of sp³-hybridized carbons (Fsp3) is 0.700. The molecular weight excluding hydrogens is 242 g/mol. The van der Waals surface area contributed by atoms with Crippen molar-refractivity contribution in [2.24, 2.45) is 0 Å². The fourth-order valence-electron chi connectivity index (χ4n) is 2.30. The molecule has 2 aliphatic heterocycles. The number of urea groups is 1. The molecule has 6 nitrogen and oxygen atoms in total. The zero-order valence-corrected chi connectivity index (χ0v) is 10.4. The van der Waals surface area contributed by atoms with Crippen molar-refractivity contribution in [2.45, 2.75) is 18.4 Å². The summed E-state index contributed by atoms with van der Waals surface area (Å²) >= 11 is 1.46. The van der Waals surface area contributed by atoms with Crippen LogP contribution in [-0.4, -0.2) is 53.4 Å². The highest BCUT2D eigenvalue weighted by Gasteiger charge is 2.49. The van der Waals surface area contributed by atoms with Gasteiger partial charge in [-0.2, -0.15) is 11.8 Å². The third-order valence-corrected chi connectivity index (χ3v) is 3.66. The number of likely N-dealkylation sites (tertiary alicyclic amines) is 1. The third-order valence-electron chi connectivity index (χ3n) is 3.13. The minimum atomic E-state index is -0.899. The summed E-state index contributed by atoms with van der Waals surface area (Å²) in [6, 6.07) is -0.464. The Balaban J connectivity index is 2.09. The van der Waals surface area contributed by atoms with Gasteiger partial charge < -0.3 is 10.2 Å². The lowest BCUT2D eigenvalue weighted by Crippen LogP contribution is -2.59. The van der Waals surface area contributed by atoms with Crippen LogP contribution in [0.1, 0.15) is 12.8 Å². The number of imide groups is 1. The number of thioether (sulfide) groups is 1. The van der Waals surface area contributed by atoms with Crippen LogP contribution in [0.3, 0.4) is 0 Å². The van der Waals surface area contributed by atoms with Crippen molar-refractivity contribution < 1.29 is 14.4 Å². The Labute approximate surface area is 103 Å². The second-order valence-electron chi connectivity index (χ2n) is 4.34. The Bertz CT molecular complexity index is 374. The molecule has 1 unspecified atom stereocenters. The first-order valence-electron chi connectivity index (χ1n) is 5.48. The number of rotatable bonds is 2. The Kier molecular flexibility index (Phi) is 3.28. The molecule has 2 fully saturated rings. The first-order chi connectivity index (χ1) is 8.07. The average molecular weight is 257 g/mol. The van der Waals surface area contributed by atoms with Crippen LogP contribution in [-0.2, 0) is 9.59 Å². The van der Waals surface area contributed by atoms with Crippen LogP contribution in [0.4, 0.5) is 4.79 Å². The van der Waals surface area contributed by atoms with E-state index >= 15 is 0 Å². The van der Waals surface area contributed by atoms with Crippen LogP contribution in [0, 0.1) is 0 Å². The van der Waals surface area contributed by atoms with E-state index in [0.717, 1.165) is 6.42 Å². The van der Waals surface area contributed by atoms with Gasteiger partial charge in [0.1, 0.15) is 5.54 Å². The lowest BCUT2D eigenvalue weighted by molar-refractivity contribution is -0.134. The molecule has 0 radical (unpaired) electrons. The van der Waals surface area contributed by atoms with Gasteiger partial charge in [-0.3, -0.25) is 14.9 Å². The molecule has 1 atom stereocenters. The van der Waals surface area contributed by atoms with Crippen molar-refractivity contribution in [1.29, 1.82) is 0 Å². The summed E-state index contributed by atoms with van der Waals surface area (Å²) in [7, 11) is 0. The van der Waals surface area contributed by atoms with Crippen LogP contribution >= 0.6 is 11.8 Å². The van der Waals surface area contributed by atoms with Gasteiger partial charge in [-0.25, -0.2) is 4.79 Å². The molecule has 94 valence electrons. The average Bonchev–Trinajstić information content (AvgIpc) is 2.54. The Morgan fingerprint density at radius 1 is 1.53 bits per heavy atom. The van der Waals surface area contributed by atoms with Gasteiger partial charge in [-0.1, -0.05) is 0 Å². The fourth-order valence-corrected chi connectivity index (χ4v) is 2.73. The van der Waals surface area contributed by atoms with Crippen molar-refractivity contribution in [1.82, 2.24) is 15.5 Å². The van der Waals surface area contributed by atoms with E-state index in [4.69, 9.17) is 0 Å². The highest BCUT2D eigenvalue weighted by atomic mass is 32.2. The van der Waals surface area contributed by atoms with E-state index in [1.165, 1.54) is 11.8 Å². The van der Waals surface area contributed by atoms with E-state index in [0.29, 0.717) is 18.7 Å². The summed E-state index contributed by atoms with van der Waals surface area (Å²) in [4.78, 5) is 36.4. The van der Waals surface area contributed by atoms with Gasteiger partial charge in [0.2, 0.25) is 5.91 Å². The molecule has 2 N–H and O–H groups in total. The summed E-state index contributed by atoms with van der Waals surface area (Å²) in [6.07, 6.45) is 3.18. The lowest BCUT2D eigenvalue weighted by Gasteiger charge is -2.37. The number of carbonyl (C=O) groups excluding carboxylic acids is 3. The Hall–Kier alpha value is -1.24. The highest BCUT2D eigenvalue weighted by Crippen LogP contribution is 2.24. The quantitative estimate of drug-likeness (QED) is 0.657. The number of piperidine rings is 1. The van der Waals surface area contributed by atoms with Gasteiger partial charge in [0, 0.05) is 6.54 Å². The second kappa shape index (κ2) is 4.56.